The fourth-order valence-corrected chi connectivity index (χ4v) is 4.11. The molecule has 0 aliphatic carbocycles. The third-order valence-electron chi connectivity index (χ3n) is 5.53. The second-order valence-electron chi connectivity index (χ2n) is 7.04. The van der Waals surface area contributed by atoms with E-state index in [0.29, 0.717) is 11.7 Å². The topological polar surface area (TPSA) is 74.2 Å². The highest BCUT2D eigenvalue weighted by Gasteiger charge is 2.40. The first-order valence-corrected chi connectivity index (χ1v) is 8.82. The number of nitrogens with one attached hydrogen (secondary N) is 1. The number of aromatic amines is 1. The summed E-state index contributed by atoms with van der Waals surface area (Å²) in [5, 5.41) is 6.49. The first-order chi connectivity index (χ1) is 12.1. The maximum absolute atomic E-state index is 12.4. The van der Waals surface area contributed by atoms with Crippen LogP contribution in [0.3, 0.4) is 0 Å². The molecule has 2 fully saturated rings. The van der Waals surface area contributed by atoms with Gasteiger partial charge in [0.05, 0.1) is 0 Å². The minimum absolute atomic E-state index is 0.281. The number of likely N-dealkylation sites (tertiary alicyclic amines) is 1. The Bertz CT molecular complexity index is 860. The van der Waals surface area contributed by atoms with Gasteiger partial charge >= 0.3 is 5.69 Å². The fourth-order valence-electron chi connectivity index (χ4n) is 4.11. The highest BCUT2D eigenvalue weighted by molar-refractivity contribution is 5.39. The van der Waals surface area contributed by atoms with Gasteiger partial charge in [-0.05, 0) is 30.9 Å². The summed E-state index contributed by atoms with van der Waals surface area (Å²) in [6, 6.07) is 10.8. The largest absolute Gasteiger partial charge is 0.346 e. The van der Waals surface area contributed by atoms with Crippen LogP contribution in [0.4, 0.5) is 5.82 Å². The van der Waals surface area contributed by atoms with E-state index < -0.39 is 5.69 Å². The van der Waals surface area contributed by atoms with Crippen molar-refractivity contribution < 1.29 is 0 Å². The van der Waals surface area contributed by atoms with Crippen LogP contribution >= 0.6 is 0 Å². The average Bonchev–Trinajstić information content (AvgIpc) is 3.04. The Morgan fingerprint density at radius 2 is 1.92 bits per heavy atom. The zero-order valence-electron chi connectivity index (χ0n) is 14.4. The number of rotatable bonds is 3. The first-order valence-electron chi connectivity index (χ1n) is 8.82. The van der Waals surface area contributed by atoms with Crippen molar-refractivity contribution in [2.75, 3.05) is 24.5 Å². The Hall–Kier alpha value is -2.41. The van der Waals surface area contributed by atoms with E-state index in [1.54, 1.807) is 0 Å². The molecule has 2 aliphatic heterocycles. The van der Waals surface area contributed by atoms with E-state index in [4.69, 9.17) is 0 Å². The van der Waals surface area contributed by atoms with Crippen LogP contribution in [0.5, 0.6) is 0 Å². The summed E-state index contributed by atoms with van der Waals surface area (Å²) >= 11 is 0. The Morgan fingerprint density at radius 3 is 2.72 bits per heavy atom. The number of anilines is 1. The van der Waals surface area contributed by atoms with Crippen LogP contribution in [-0.4, -0.2) is 45.3 Å². The lowest BCUT2D eigenvalue weighted by atomic mass is 9.92. The highest BCUT2D eigenvalue weighted by Crippen LogP contribution is 2.33. The second-order valence-corrected chi connectivity index (χ2v) is 7.04. The third-order valence-corrected chi connectivity index (χ3v) is 5.53. The van der Waals surface area contributed by atoms with Crippen LogP contribution in [0.2, 0.25) is 0 Å². The van der Waals surface area contributed by atoms with Crippen LogP contribution < -0.4 is 16.1 Å². The number of H-pyrrole nitrogens is 1. The average molecular weight is 341 g/mol. The lowest BCUT2D eigenvalue weighted by molar-refractivity contribution is 0.167. The molecule has 1 aromatic carbocycles. The van der Waals surface area contributed by atoms with Crippen molar-refractivity contribution in [1.29, 1.82) is 0 Å². The predicted molar refractivity (Wildman–Crippen MR) is 95.7 cm³/mol. The zero-order chi connectivity index (χ0) is 17.4. The van der Waals surface area contributed by atoms with E-state index in [1.165, 1.54) is 12.6 Å². The molecular weight excluding hydrogens is 318 g/mol. The van der Waals surface area contributed by atoms with Crippen molar-refractivity contribution in [3.05, 3.63) is 56.7 Å². The van der Waals surface area contributed by atoms with Crippen LogP contribution in [0.15, 0.2) is 39.9 Å². The maximum atomic E-state index is 12.4. The smallest absolute Gasteiger partial charge is 0.344 e. The minimum atomic E-state index is -0.473. The molecule has 2 atom stereocenters. The molecule has 7 nitrogen and oxygen atoms in total. The van der Waals surface area contributed by atoms with Gasteiger partial charge in [0.1, 0.15) is 0 Å². The first kappa shape index (κ1) is 16.1. The molecule has 25 heavy (non-hydrogen) atoms. The molecule has 7 heteroatoms. The van der Waals surface area contributed by atoms with Gasteiger partial charge in [-0.15, -0.1) is 5.10 Å². The van der Waals surface area contributed by atoms with Crippen LogP contribution in [-0.2, 0) is 13.6 Å². The van der Waals surface area contributed by atoms with Gasteiger partial charge in [0.2, 0.25) is 5.82 Å². The van der Waals surface area contributed by atoms with E-state index in [9.17, 15) is 9.59 Å². The number of nitrogens with zero attached hydrogens (tertiary/aromatic N) is 4. The van der Waals surface area contributed by atoms with E-state index in [-0.39, 0.29) is 11.6 Å². The Labute approximate surface area is 145 Å². The normalized spacial score (nSPS) is 23.6. The predicted octanol–water partition coefficient (Wildman–Crippen LogP) is 0.569. The van der Waals surface area contributed by atoms with Gasteiger partial charge in [0, 0.05) is 32.7 Å². The van der Waals surface area contributed by atoms with Gasteiger partial charge in [0.15, 0.2) is 0 Å². The SMILES string of the molecule is Cn1c(=O)[nH]nc(N2CCC3CCN(Cc4ccccc4)CC32)c1=O. The summed E-state index contributed by atoms with van der Waals surface area (Å²) in [4.78, 5) is 28.6. The number of piperidine rings is 1. The Morgan fingerprint density at radius 1 is 1.16 bits per heavy atom. The molecule has 0 radical (unpaired) electrons. The summed E-state index contributed by atoms with van der Waals surface area (Å²) in [6.45, 7) is 3.75. The summed E-state index contributed by atoms with van der Waals surface area (Å²) < 4.78 is 1.10. The monoisotopic (exact) mass is 341 g/mol. The summed E-state index contributed by atoms with van der Waals surface area (Å²) in [5.74, 6) is 0.960. The fraction of sp³-hybridized carbons (Fsp3) is 0.500. The van der Waals surface area contributed by atoms with Crippen LogP contribution in [0.25, 0.3) is 0 Å². The van der Waals surface area contributed by atoms with E-state index in [0.717, 1.165) is 43.6 Å². The van der Waals surface area contributed by atoms with Crippen molar-refractivity contribution in [3.63, 3.8) is 0 Å². The second kappa shape index (κ2) is 6.48. The van der Waals surface area contributed by atoms with Crippen molar-refractivity contribution in [2.24, 2.45) is 13.0 Å². The molecule has 2 aromatic rings. The van der Waals surface area contributed by atoms with Gasteiger partial charge in [-0.1, -0.05) is 30.3 Å². The van der Waals surface area contributed by atoms with Gasteiger partial charge in [-0.2, -0.15) is 0 Å². The minimum Gasteiger partial charge on any atom is -0.346 e. The van der Waals surface area contributed by atoms with Gasteiger partial charge < -0.3 is 4.90 Å². The molecule has 2 unspecified atom stereocenters. The lowest BCUT2D eigenvalue weighted by Crippen LogP contribution is -2.50. The molecule has 0 saturated carbocycles. The standard InChI is InChI=1S/C18H23N5O2/c1-21-17(24)16(19-20-18(21)25)23-10-8-14-7-9-22(12-15(14)23)11-13-5-3-2-4-6-13/h2-6,14-15H,7-12H2,1H3,(H,20,25). The molecule has 3 heterocycles. The molecular formula is C18H23N5O2. The molecule has 0 bridgehead atoms. The lowest BCUT2D eigenvalue weighted by Gasteiger charge is -2.38. The zero-order valence-corrected chi connectivity index (χ0v) is 14.4. The molecule has 132 valence electrons. The summed E-state index contributed by atoms with van der Waals surface area (Å²) in [6.07, 6.45) is 2.21. The summed E-state index contributed by atoms with van der Waals surface area (Å²) in [7, 11) is 1.49. The summed E-state index contributed by atoms with van der Waals surface area (Å²) in [5.41, 5.74) is 0.520. The van der Waals surface area contributed by atoms with Gasteiger partial charge in [0.25, 0.3) is 5.56 Å². The molecule has 2 saturated heterocycles. The number of fused-ring (bicyclic) bond motifs is 1. The molecule has 1 aromatic heterocycles. The number of aromatic nitrogens is 3. The Kier molecular flexibility index (Phi) is 4.17. The van der Waals surface area contributed by atoms with Crippen LogP contribution in [0.1, 0.15) is 18.4 Å². The number of benzene rings is 1. The van der Waals surface area contributed by atoms with Crippen molar-refractivity contribution in [1.82, 2.24) is 19.7 Å². The van der Waals surface area contributed by atoms with Crippen molar-refractivity contribution >= 4 is 5.82 Å². The molecule has 0 spiro atoms. The van der Waals surface area contributed by atoms with Gasteiger partial charge in [-0.25, -0.2) is 9.89 Å². The van der Waals surface area contributed by atoms with E-state index in [2.05, 4.69) is 44.3 Å². The molecule has 1 N–H and O–H groups in total. The van der Waals surface area contributed by atoms with E-state index >= 15 is 0 Å². The number of hydrogen-bond acceptors (Lipinski definition) is 5. The third kappa shape index (κ3) is 3.00. The quantitative estimate of drug-likeness (QED) is 0.883. The van der Waals surface area contributed by atoms with E-state index in [1.807, 2.05) is 6.07 Å². The molecule has 0 amide bonds. The highest BCUT2D eigenvalue weighted by atomic mass is 16.2. The number of hydrogen-bond donors (Lipinski definition) is 1. The Balaban J connectivity index is 1.55. The molecule has 4 rings (SSSR count). The van der Waals surface area contributed by atoms with Crippen LogP contribution in [0, 0.1) is 5.92 Å². The van der Waals surface area contributed by atoms with Gasteiger partial charge in [-0.3, -0.25) is 14.3 Å². The molecule has 2 aliphatic rings. The van der Waals surface area contributed by atoms with Crippen molar-refractivity contribution in [2.45, 2.75) is 25.4 Å². The maximum Gasteiger partial charge on any atom is 0.344 e. The van der Waals surface area contributed by atoms with Crippen molar-refractivity contribution in [3.8, 4) is 0 Å².